The van der Waals surface area contributed by atoms with E-state index < -0.39 is 0 Å². The average Bonchev–Trinajstić information content (AvgIpc) is 2.67. The summed E-state index contributed by atoms with van der Waals surface area (Å²) in [4.78, 5) is 6.54. The molecule has 1 aromatic rings. The molecule has 0 aromatic heterocycles. The van der Waals surface area contributed by atoms with Gasteiger partial charge in [0.1, 0.15) is 18.1 Å². The van der Waals surface area contributed by atoms with Crippen LogP contribution in [0.5, 0.6) is 11.5 Å². The van der Waals surface area contributed by atoms with Gasteiger partial charge in [-0.25, -0.2) is 0 Å². The van der Waals surface area contributed by atoms with E-state index in [4.69, 9.17) is 14.2 Å². The first kappa shape index (κ1) is 22.8. The van der Waals surface area contributed by atoms with E-state index in [1.54, 1.807) is 7.11 Å². The second-order valence-electron chi connectivity index (χ2n) is 6.27. The molecule has 0 atom stereocenters. The van der Waals surface area contributed by atoms with Gasteiger partial charge < -0.3 is 24.4 Å². The van der Waals surface area contributed by atoms with E-state index >= 15 is 0 Å². The van der Waals surface area contributed by atoms with Crippen LogP contribution in [0.15, 0.2) is 29.3 Å². The normalized spacial score (nSPS) is 15.1. The molecule has 0 saturated carbocycles. The molecule has 0 amide bonds. The van der Waals surface area contributed by atoms with Crippen LogP contribution in [0.25, 0.3) is 0 Å². The third kappa shape index (κ3) is 7.99. The fourth-order valence-corrected chi connectivity index (χ4v) is 2.92. The third-order valence-corrected chi connectivity index (χ3v) is 4.48. The Morgan fingerprint density at radius 1 is 1.31 bits per heavy atom. The van der Waals surface area contributed by atoms with Crippen LogP contribution < -0.4 is 14.8 Å². The number of ether oxygens (including phenoxy) is 3. The van der Waals surface area contributed by atoms with Gasteiger partial charge in [0.15, 0.2) is 5.96 Å². The zero-order valence-electron chi connectivity index (χ0n) is 16.1. The monoisotopic (exact) mass is 477 g/mol. The van der Waals surface area contributed by atoms with E-state index in [0.717, 1.165) is 43.1 Å². The number of rotatable bonds is 8. The Bertz CT molecular complexity index is 537. The van der Waals surface area contributed by atoms with Crippen LogP contribution in [-0.4, -0.2) is 65.0 Å². The average molecular weight is 477 g/mol. The smallest absolute Gasteiger partial charge is 0.193 e. The van der Waals surface area contributed by atoms with E-state index in [-0.39, 0.29) is 24.0 Å². The summed E-state index contributed by atoms with van der Waals surface area (Å²) >= 11 is 0. The molecular formula is C19H32IN3O3. The number of nitrogens with zero attached hydrogens (tertiary/aromatic N) is 2. The Morgan fingerprint density at radius 2 is 2.04 bits per heavy atom. The molecule has 1 fully saturated rings. The molecule has 0 aliphatic carbocycles. The molecule has 0 unspecified atom stereocenters. The van der Waals surface area contributed by atoms with Gasteiger partial charge in [-0.05, 0) is 37.3 Å². The lowest BCUT2D eigenvalue weighted by molar-refractivity contribution is 0.0625. The van der Waals surface area contributed by atoms with Crippen molar-refractivity contribution in [2.45, 2.75) is 19.3 Å². The Morgan fingerprint density at radius 3 is 2.73 bits per heavy atom. The molecule has 1 aliphatic rings. The topological polar surface area (TPSA) is 55.3 Å². The number of nitrogens with one attached hydrogen (secondary N) is 1. The van der Waals surface area contributed by atoms with Crippen molar-refractivity contribution in [1.82, 2.24) is 10.2 Å². The van der Waals surface area contributed by atoms with Gasteiger partial charge in [-0.2, -0.15) is 0 Å². The Kier molecular flexibility index (Phi) is 11.4. The molecule has 7 heteroatoms. The number of hydrogen-bond acceptors (Lipinski definition) is 4. The summed E-state index contributed by atoms with van der Waals surface area (Å²) < 4.78 is 16.4. The van der Waals surface area contributed by atoms with Gasteiger partial charge in [0.25, 0.3) is 0 Å². The van der Waals surface area contributed by atoms with Gasteiger partial charge in [0, 0.05) is 39.9 Å². The molecule has 148 valence electrons. The molecule has 2 rings (SSSR count). The van der Waals surface area contributed by atoms with Gasteiger partial charge in [-0.3, -0.25) is 4.99 Å². The first-order valence-electron chi connectivity index (χ1n) is 8.99. The molecule has 1 saturated heterocycles. The zero-order valence-corrected chi connectivity index (χ0v) is 18.4. The number of guanidine groups is 1. The highest BCUT2D eigenvalue weighted by Gasteiger charge is 2.15. The van der Waals surface area contributed by atoms with Crippen LogP contribution in [-0.2, 0) is 4.74 Å². The standard InChI is InChI=1S/C19H31N3O3.HI/c1-20-19(22(2)11-7-16-8-12-24-13-9-16)21-10-14-25-18-6-4-5-17(15-18)23-3;/h4-6,15-16H,7-14H2,1-3H3,(H,20,21);1H. The van der Waals surface area contributed by atoms with Crippen molar-refractivity contribution in [3.63, 3.8) is 0 Å². The minimum absolute atomic E-state index is 0. The van der Waals surface area contributed by atoms with Crippen LogP contribution in [0.1, 0.15) is 19.3 Å². The summed E-state index contributed by atoms with van der Waals surface area (Å²) in [6.07, 6.45) is 3.53. The number of hydrogen-bond donors (Lipinski definition) is 1. The summed E-state index contributed by atoms with van der Waals surface area (Å²) in [7, 11) is 5.55. The molecule has 0 spiro atoms. The minimum Gasteiger partial charge on any atom is -0.497 e. The highest BCUT2D eigenvalue weighted by molar-refractivity contribution is 14.0. The van der Waals surface area contributed by atoms with Crippen LogP contribution in [0.4, 0.5) is 0 Å². The highest BCUT2D eigenvalue weighted by Crippen LogP contribution is 2.19. The summed E-state index contributed by atoms with van der Waals surface area (Å²) in [6.45, 7) is 4.08. The summed E-state index contributed by atoms with van der Waals surface area (Å²) in [6, 6.07) is 7.64. The number of aliphatic imine (C=N–C) groups is 1. The Balaban J connectivity index is 0.00000338. The lowest BCUT2D eigenvalue weighted by atomic mass is 9.96. The second-order valence-corrected chi connectivity index (χ2v) is 6.27. The molecule has 1 N–H and O–H groups in total. The Hall–Kier alpha value is -1.22. The maximum Gasteiger partial charge on any atom is 0.193 e. The maximum atomic E-state index is 5.75. The molecule has 1 aromatic carbocycles. The molecule has 1 heterocycles. The van der Waals surface area contributed by atoms with Crippen molar-refractivity contribution < 1.29 is 14.2 Å². The van der Waals surface area contributed by atoms with E-state index in [0.29, 0.717) is 13.2 Å². The van der Waals surface area contributed by atoms with Crippen LogP contribution in [0, 0.1) is 5.92 Å². The molecule has 26 heavy (non-hydrogen) atoms. The molecule has 0 bridgehead atoms. The first-order chi connectivity index (χ1) is 12.2. The third-order valence-electron chi connectivity index (χ3n) is 4.48. The van der Waals surface area contributed by atoms with Gasteiger partial charge in [-0.1, -0.05) is 6.07 Å². The molecule has 6 nitrogen and oxygen atoms in total. The van der Waals surface area contributed by atoms with Gasteiger partial charge in [0.05, 0.1) is 13.7 Å². The van der Waals surface area contributed by atoms with Crippen molar-refractivity contribution in [1.29, 1.82) is 0 Å². The summed E-state index contributed by atoms with van der Waals surface area (Å²) in [5.41, 5.74) is 0. The number of halogens is 1. The predicted octanol–water partition coefficient (Wildman–Crippen LogP) is 3.02. The molecule has 0 radical (unpaired) electrons. The lowest BCUT2D eigenvalue weighted by Gasteiger charge is -2.26. The fourth-order valence-electron chi connectivity index (χ4n) is 2.92. The van der Waals surface area contributed by atoms with Crippen LogP contribution >= 0.6 is 24.0 Å². The van der Waals surface area contributed by atoms with Crippen molar-refractivity contribution in [2.75, 3.05) is 54.1 Å². The lowest BCUT2D eigenvalue weighted by Crippen LogP contribution is -2.41. The van der Waals surface area contributed by atoms with E-state index in [9.17, 15) is 0 Å². The second kappa shape index (κ2) is 13.0. The number of benzene rings is 1. The van der Waals surface area contributed by atoms with Gasteiger partial charge in [0.2, 0.25) is 0 Å². The van der Waals surface area contributed by atoms with Gasteiger partial charge >= 0.3 is 0 Å². The quantitative estimate of drug-likeness (QED) is 0.270. The maximum absolute atomic E-state index is 5.75. The Labute approximate surface area is 174 Å². The molecule has 1 aliphatic heterocycles. The van der Waals surface area contributed by atoms with Crippen LogP contribution in [0.2, 0.25) is 0 Å². The van der Waals surface area contributed by atoms with E-state index in [1.165, 1.54) is 19.3 Å². The zero-order chi connectivity index (χ0) is 17.9. The van der Waals surface area contributed by atoms with E-state index in [2.05, 4.69) is 22.3 Å². The summed E-state index contributed by atoms with van der Waals surface area (Å²) in [5, 5.41) is 3.35. The summed E-state index contributed by atoms with van der Waals surface area (Å²) in [5.74, 6) is 3.28. The predicted molar refractivity (Wildman–Crippen MR) is 116 cm³/mol. The number of methoxy groups -OCH3 is 1. The highest BCUT2D eigenvalue weighted by atomic mass is 127. The minimum atomic E-state index is 0. The molecular weight excluding hydrogens is 445 g/mol. The first-order valence-corrected chi connectivity index (χ1v) is 8.99. The van der Waals surface area contributed by atoms with Crippen molar-refractivity contribution in [3.8, 4) is 11.5 Å². The van der Waals surface area contributed by atoms with Crippen molar-refractivity contribution in [2.24, 2.45) is 10.9 Å². The largest absolute Gasteiger partial charge is 0.497 e. The van der Waals surface area contributed by atoms with E-state index in [1.807, 2.05) is 31.3 Å². The van der Waals surface area contributed by atoms with Crippen molar-refractivity contribution in [3.05, 3.63) is 24.3 Å². The van der Waals surface area contributed by atoms with Crippen molar-refractivity contribution >= 4 is 29.9 Å². The fraction of sp³-hybridized carbons (Fsp3) is 0.632. The SMILES string of the molecule is CN=C(NCCOc1cccc(OC)c1)N(C)CCC1CCOCC1.I. The van der Waals surface area contributed by atoms with Crippen LogP contribution in [0.3, 0.4) is 0 Å². The van der Waals surface area contributed by atoms with Gasteiger partial charge in [-0.15, -0.1) is 24.0 Å².